The maximum atomic E-state index is 13.3. The van der Waals surface area contributed by atoms with Crippen LogP contribution in [-0.2, 0) is 16.0 Å². The van der Waals surface area contributed by atoms with Gasteiger partial charge in [0.2, 0.25) is 0 Å². The highest BCUT2D eigenvalue weighted by Crippen LogP contribution is 2.41. The van der Waals surface area contributed by atoms with E-state index in [9.17, 15) is 9.90 Å². The van der Waals surface area contributed by atoms with Crippen LogP contribution in [0.1, 0.15) is 50.7 Å². The quantitative estimate of drug-likeness (QED) is 0.553. The number of carbonyl (C=O) groups is 1. The predicted molar refractivity (Wildman–Crippen MR) is 126 cm³/mol. The van der Waals surface area contributed by atoms with Crippen LogP contribution < -0.4 is 0 Å². The van der Waals surface area contributed by atoms with Crippen molar-refractivity contribution in [1.82, 2.24) is 0 Å². The molecule has 1 aliphatic carbocycles. The average molecular weight is 439 g/mol. The van der Waals surface area contributed by atoms with E-state index in [0.717, 1.165) is 54.7 Å². The highest BCUT2D eigenvalue weighted by atomic mass is 35.5. The van der Waals surface area contributed by atoms with Crippen molar-refractivity contribution in [3.63, 3.8) is 0 Å². The fourth-order valence-electron chi connectivity index (χ4n) is 5.17. The van der Waals surface area contributed by atoms with Crippen LogP contribution in [0, 0.1) is 17.8 Å². The Labute approximate surface area is 190 Å². The second-order valence-electron chi connectivity index (χ2n) is 8.95. The van der Waals surface area contributed by atoms with E-state index < -0.39 is 0 Å². The van der Waals surface area contributed by atoms with Gasteiger partial charge in [-0.05, 0) is 77.5 Å². The zero-order chi connectivity index (χ0) is 22.0. The molecule has 164 valence electrons. The van der Waals surface area contributed by atoms with Crippen LogP contribution in [0.4, 0.5) is 0 Å². The lowest BCUT2D eigenvalue weighted by molar-refractivity contribution is -0.116. The van der Waals surface area contributed by atoms with E-state index in [2.05, 4.69) is 26.0 Å². The summed E-state index contributed by atoms with van der Waals surface area (Å²) in [5.74, 6) is 1.49. The van der Waals surface area contributed by atoms with Crippen molar-refractivity contribution in [2.45, 2.75) is 46.0 Å². The Kier molecular flexibility index (Phi) is 6.83. The molecule has 1 fully saturated rings. The number of aliphatic hydroxyl groups excluding tert-OH is 1. The highest BCUT2D eigenvalue weighted by Gasteiger charge is 2.35. The Balaban J connectivity index is 1.65. The minimum absolute atomic E-state index is 0.0654. The number of carbonyl (C=O) groups excluding carboxylic acids is 1. The number of ether oxygens (including phenoxy) is 1. The highest BCUT2D eigenvalue weighted by molar-refractivity contribution is 6.30. The molecule has 1 N–H and O–H groups in total. The maximum Gasteiger partial charge on any atom is 0.167 e. The molecular formula is C27H31ClO3. The summed E-state index contributed by atoms with van der Waals surface area (Å²) in [5, 5.41) is 11.7. The van der Waals surface area contributed by atoms with Gasteiger partial charge in [0.15, 0.2) is 5.78 Å². The van der Waals surface area contributed by atoms with Crippen molar-refractivity contribution >= 4 is 23.0 Å². The van der Waals surface area contributed by atoms with Crippen molar-refractivity contribution in [2.75, 3.05) is 13.2 Å². The summed E-state index contributed by atoms with van der Waals surface area (Å²) in [7, 11) is 0. The summed E-state index contributed by atoms with van der Waals surface area (Å²) in [6.45, 7) is 5.94. The normalized spacial score (nSPS) is 21.4. The number of benzene rings is 2. The molecule has 0 radical (unpaired) electrons. The molecule has 0 amide bonds. The molecular weight excluding hydrogens is 408 g/mol. The van der Waals surface area contributed by atoms with Crippen molar-refractivity contribution < 1.29 is 14.6 Å². The average Bonchev–Trinajstić information content (AvgIpc) is 2.79. The fourth-order valence-corrected chi connectivity index (χ4v) is 5.29. The van der Waals surface area contributed by atoms with Crippen LogP contribution in [0.25, 0.3) is 16.7 Å². The molecule has 2 aromatic carbocycles. The third-order valence-corrected chi connectivity index (χ3v) is 7.41. The van der Waals surface area contributed by atoms with Gasteiger partial charge in [-0.2, -0.15) is 0 Å². The van der Waals surface area contributed by atoms with Gasteiger partial charge in [-0.3, -0.25) is 4.79 Å². The summed E-state index contributed by atoms with van der Waals surface area (Å²) in [6.07, 6.45) is 3.99. The molecule has 3 nitrogen and oxygen atoms in total. The molecule has 0 bridgehead atoms. The first-order valence-corrected chi connectivity index (χ1v) is 11.8. The number of aryl methyl sites for hydroxylation is 1. The summed E-state index contributed by atoms with van der Waals surface area (Å²) >= 11 is 6.04. The minimum Gasteiger partial charge on any atom is -0.512 e. The summed E-state index contributed by atoms with van der Waals surface area (Å²) in [6, 6.07) is 13.9. The van der Waals surface area contributed by atoms with Gasteiger partial charge in [-0.25, -0.2) is 0 Å². The Morgan fingerprint density at radius 1 is 1.03 bits per heavy atom. The fraction of sp³-hybridized carbons (Fsp3) is 0.444. The number of allylic oxidation sites excluding steroid dienone is 2. The van der Waals surface area contributed by atoms with E-state index in [-0.39, 0.29) is 17.5 Å². The van der Waals surface area contributed by atoms with Gasteiger partial charge in [0.25, 0.3) is 0 Å². The van der Waals surface area contributed by atoms with Gasteiger partial charge in [0.05, 0.1) is 5.57 Å². The molecule has 4 rings (SSSR count). The summed E-state index contributed by atoms with van der Waals surface area (Å²) in [5.41, 5.74) is 4.54. The van der Waals surface area contributed by atoms with Crippen molar-refractivity contribution in [3.8, 4) is 11.1 Å². The van der Waals surface area contributed by atoms with E-state index in [1.807, 2.05) is 30.3 Å². The number of halogens is 1. The Bertz CT molecular complexity index is 970. The number of rotatable bonds is 5. The smallest absolute Gasteiger partial charge is 0.167 e. The zero-order valence-electron chi connectivity index (χ0n) is 18.4. The zero-order valence-corrected chi connectivity index (χ0v) is 19.1. The summed E-state index contributed by atoms with van der Waals surface area (Å²) in [4.78, 5) is 13.3. The number of Topliss-reactive ketones (excluding diaryl/α,β-unsaturated/α-hetero) is 1. The van der Waals surface area contributed by atoms with Gasteiger partial charge in [-0.15, -0.1) is 0 Å². The van der Waals surface area contributed by atoms with Gasteiger partial charge in [0.1, 0.15) is 5.76 Å². The molecule has 31 heavy (non-hydrogen) atoms. The van der Waals surface area contributed by atoms with Crippen LogP contribution in [0.5, 0.6) is 0 Å². The SMILES string of the molecule is CCc1ccc(-c2ccc(Cl)cc2)cc1C1=C(O)CC(C(C)C2CCOCC2)CC1=O. The monoisotopic (exact) mass is 438 g/mol. The van der Waals surface area contributed by atoms with Crippen LogP contribution in [0.15, 0.2) is 48.2 Å². The Morgan fingerprint density at radius 2 is 1.71 bits per heavy atom. The first-order chi connectivity index (χ1) is 15.0. The number of ketones is 1. The van der Waals surface area contributed by atoms with Gasteiger partial charge in [-0.1, -0.05) is 49.7 Å². The third-order valence-electron chi connectivity index (χ3n) is 7.16. The number of hydrogen-bond acceptors (Lipinski definition) is 3. The van der Waals surface area contributed by atoms with Crippen molar-refractivity contribution in [2.24, 2.45) is 17.8 Å². The molecule has 2 aliphatic rings. The molecule has 0 aromatic heterocycles. The molecule has 1 heterocycles. The minimum atomic E-state index is 0.0654. The van der Waals surface area contributed by atoms with Crippen LogP contribution >= 0.6 is 11.6 Å². The first-order valence-electron chi connectivity index (χ1n) is 11.4. The second kappa shape index (κ2) is 9.58. The summed E-state index contributed by atoms with van der Waals surface area (Å²) < 4.78 is 5.50. The molecule has 2 unspecified atom stereocenters. The topological polar surface area (TPSA) is 46.5 Å². The lowest BCUT2D eigenvalue weighted by Crippen LogP contribution is -2.31. The predicted octanol–water partition coefficient (Wildman–Crippen LogP) is 6.88. The lowest BCUT2D eigenvalue weighted by atomic mass is 9.71. The van der Waals surface area contributed by atoms with E-state index in [0.29, 0.717) is 35.3 Å². The Morgan fingerprint density at radius 3 is 2.35 bits per heavy atom. The third kappa shape index (κ3) is 4.73. The van der Waals surface area contributed by atoms with Crippen molar-refractivity contribution in [1.29, 1.82) is 0 Å². The van der Waals surface area contributed by atoms with Crippen LogP contribution in [-0.4, -0.2) is 24.1 Å². The number of aliphatic hydroxyl groups is 1. The van der Waals surface area contributed by atoms with Crippen LogP contribution in [0.3, 0.4) is 0 Å². The van der Waals surface area contributed by atoms with Gasteiger partial charge >= 0.3 is 0 Å². The molecule has 2 aromatic rings. The van der Waals surface area contributed by atoms with E-state index in [1.54, 1.807) is 0 Å². The van der Waals surface area contributed by atoms with Gasteiger partial charge < -0.3 is 9.84 Å². The first kappa shape index (κ1) is 22.1. The largest absolute Gasteiger partial charge is 0.512 e. The molecule has 4 heteroatoms. The van der Waals surface area contributed by atoms with E-state index in [4.69, 9.17) is 16.3 Å². The molecule has 1 saturated heterocycles. The van der Waals surface area contributed by atoms with Crippen LogP contribution in [0.2, 0.25) is 5.02 Å². The Hall–Kier alpha value is -2.10. The number of hydrogen-bond donors (Lipinski definition) is 1. The molecule has 0 saturated carbocycles. The van der Waals surface area contributed by atoms with Gasteiger partial charge in [0, 0.05) is 31.1 Å². The molecule has 1 aliphatic heterocycles. The second-order valence-corrected chi connectivity index (χ2v) is 9.39. The van der Waals surface area contributed by atoms with E-state index in [1.165, 1.54) is 0 Å². The lowest BCUT2D eigenvalue weighted by Gasteiger charge is -2.35. The molecule has 2 atom stereocenters. The van der Waals surface area contributed by atoms with E-state index >= 15 is 0 Å². The van der Waals surface area contributed by atoms with Crippen molar-refractivity contribution in [3.05, 3.63) is 64.4 Å². The molecule has 0 spiro atoms. The maximum absolute atomic E-state index is 13.3. The standard InChI is InChI=1S/C27H31ClO3/c1-3-18-4-5-21(20-6-8-23(28)9-7-20)14-24(18)27-25(29)15-22(16-26(27)30)17(2)19-10-12-31-13-11-19/h4-9,14,17,19,22,29H,3,10-13,15-16H2,1-2H3.